The lowest BCUT2D eigenvalue weighted by Gasteiger charge is -2.19. The standard InChI is InChI=1S/C15H20ClNO3/c1-15(2,3)9-8-12(18)17-13(14(19)20)10-4-6-11(16)7-5-10/h4-7,13H,8-9H2,1-3H3,(H,17,18)(H,19,20). The minimum atomic E-state index is -1.09. The molecule has 1 atom stereocenters. The van der Waals surface area contributed by atoms with Crippen LogP contribution < -0.4 is 5.32 Å². The number of aliphatic carboxylic acids is 1. The largest absolute Gasteiger partial charge is 0.479 e. The predicted octanol–water partition coefficient (Wildman–Crippen LogP) is 3.41. The average Bonchev–Trinajstić information content (AvgIpc) is 2.33. The van der Waals surface area contributed by atoms with Crippen molar-refractivity contribution >= 4 is 23.5 Å². The summed E-state index contributed by atoms with van der Waals surface area (Å²) in [4.78, 5) is 23.1. The molecule has 0 spiro atoms. The van der Waals surface area contributed by atoms with Gasteiger partial charge in [0.1, 0.15) is 0 Å². The van der Waals surface area contributed by atoms with Gasteiger partial charge in [-0.15, -0.1) is 0 Å². The van der Waals surface area contributed by atoms with Gasteiger partial charge >= 0.3 is 5.97 Å². The predicted molar refractivity (Wildman–Crippen MR) is 78.7 cm³/mol. The smallest absolute Gasteiger partial charge is 0.330 e. The van der Waals surface area contributed by atoms with Crippen LogP contribution in [0.3, 0.4) is 0 Å². The highest BCUT2D eigenvalue weighted by Gasteiger charge is 2.22. The molecule has 0 fully saturated rings. The summed E-state index contributed by atoms with van der Waals surface area (Å²) >= 11 is 5.77. The zero-order valence-electron chi connectivity index (χ0n) is 11.9. The maximum absolute atomic E-state index is 11.8. The van der Waals surface area contributed by atoms with Gasteiger partial charge in [0.2, 0.25) is 5.91 Å². The second-order valence-electron chi connectivity index (χ2n) is 5.95. The maximum Gasteiger partial charge on any atom is 0.330 e. The van der Waals surface area contributed by atoms with Crippen molar-refractivity contribution in [1.29, 1.82) is 0 Å². The minimum Gasteiger partial charge on any atom is -0.479 e. The van der Waals surface area contributed by atoms with E-state index < -0.39 is 12.0 Å². The molecule has 20 heavy (non-hydrogen) atoms. The van der Waals surface area contributed by atoms with Crippen molar-refractivity contribution in [2.24, 2.45) is 5.41 Å². The molecule has 1 unspecified atom stereocenters. The molecular weight excluding hydrogens is 278 g/mol. The lowest BCUT2D eigenvalue weighted by molar-refractivity contribution is -0.142. The molecular formula is C15H20ClNO3. The zero-order chi connectivity index (χ0) is 15.3. The van der Waals surface area contributed by atoms with Gasteiger partial charge in [0.05, 0.1) is 0 Å². The van der Waals surface area contributed by atoms with E-state index in [0.717, 1.165) is 0 Å². The zero-order valence-corrected chi connectivity index (χ0v) is 12.7. The number of carboxylic acid groups (broad SMARTS) is 1. The van der Waals surface area contributed by atoms with Gasteiger partial charge in [-0.3, -0.25) is 4.79 Å². The molecule has 1 aromatic carbocycles. The molecule has 0 aromatic heterocycles. The van der Waals surface area contributed by atoms with Crippen LogP contribution >= 0.6 is 11.6 Å². The first kappa shape index (κ1) is 16.5. The van der Waals surface area contributed by atoms with Gasteiger partial charge < -0.3 is 10.4 Å². The van der Waals surface area contributed by atoms with Crippen molar-refractivity contribution in [2.45, 2.75) is 39.7 Å². The van der Waals surface area contributed by atoms with Crippen molar-refractivity contribution < 1.29 is 14.7 Å². The molecule has 5 heteroatoms. The summed E-state index contributed by atoms with van der Waals surface area (Å²) in [5.74, 6) is -1.35. The number of benzene rings is 1. The van der Waals surface area contributed by atoms with Crippen LogP contribution in [-0.2, 0) is 9.59 Å². The van der Waals surface area contributed by atoms with Crippen molar-refractivity contribution in [3.05, 3.63) is 34.9 Å². The number of hydrogen-bond acceptors (Lipinski definition) is 2. The fourth-order valence-corrected chi connectivity index (χ4v) is 1.79. The van der Waals surface area contributed by atoms with Crippen LogP contribution in [0.1, 0.15) is 45.2 Å². The van der Waals surface area contributed by atoms with Crippen LogP contribution in [0, 0.1) is 5.41 Å². The summed E-state index contributed by atoms with van der Waals surface area (Å²) < 4.78 is 0. The topological polar surface area (TPSA) is 66.4 Å². The Kier molecular flexibility index (Phi) is 5.57. The van der Waals surface area contributed by atoms with Gasteiger partial charge in [-0.25, -0.2) is 4.79 Å². The summed E-state index contributed by atoms with van der Waals surface area (Å²) in [5.41, 5.74) is 0.544. The third-order valence-electron chi connectivity index (χ3n) is 2.86. The van der Waals surface area contributed by atoms with Crippen molar-refractivity contribution in [3.63, 3.8) is 0 Å². The Bertz CT molecular complexity index is 477. The van der Waals surface area contributed by atoms with E-state index in [0.29, 0.717) is 23.4 Å². The van der Waals surface area contributed by atoms with E-state index in [-0.39, 0.29) is 11.3 Å². The molecule has 4 nitrogen and oxygen atoms in total. The first-order valence-electron chi connectivity index (χ1n) is 6.47. The first-order valence-corrected chi connectivity index (χ1v) is 6.84. The van der Waals surface area contributed by atoms with Crippen LogP contribution in [0.2, 0.25) is 5.02 Å². The second-order valence-corrected chi connectivity index (χ2v) is 6.39. The van der Waals surface area contributed by atoms with E-state index in [1.54, 1.807) is 24.3 Å². The normalized spacial score (nSPS) is 12.8. The van der Waals surface area contributed by atoms with Crippen LogP contribution in [-0.4, -0.2) is 17.0 Å². The molecule has 0 aliphatic carbocycles. The quantitative estimate of drug-likeness (QED) is 0.875. The monoisotopic (exact) mass is 297 g/mol. The van der Waals surface area contributed by atoms with Crippen LogP contribution in [0.4, 0.5) is 0 Å². The van der Waals surface area contributed by atoms with E-state index in [4.69, 9.17) is 11.6 Å². The third kappa shape index (κ3) is 5.61. The number of halogens is 1. The second kappa shape index (κ2) is 6.75. The van der Waals surface area contributed by atoms with E-state index in [1.807, 2.05) is 20.8 Å². The third-order valence-corrected chi connectivity index (χ3v) is 3.11. The highest BCUT2D eigenvalue weighted by atomic mass is 35.5. The minimum absolute atomic E-state index is 0.0380. The molecule has 1 aromatic rings. The molecule has 2 N–H and O–H groups in total. The molecule has 0 saturated carbocycles. The number of rotatable bonds is 5. The molecule has 110 valence electrons. The van der Waals surface area contributed by atoms with E-state index in [2.05, 4.69) is 5.32 Å². The fourth-order valence-electron chi connectivity index (χ4n) is 1.66. The Labute approximate surface area is 124 Å². The molecule has 0 bridgehead atoms. The highest BCUT2D eigenvalue weighted by molar-refractivity contribution is 6.30. The summed E-state index contributed by atoms with van der Waals surface area (Å²) in [5, 5.41) is 12.3. The van der Waals surface area contributed by atoms with Crippen LogP contribution in [0.25, 0.3) is 0 Å². The lowest BCUT2D eigenvalue weighted by atomic mass is 9.90. The maximum atomic E-state index is 11.8. The molecule has 0 radical (unpaired) electrons. The Morgan fingerprint density at radius 3 is 2.25 bits per heavy atom. The number of carbonyl (C=O) groups excluding carboxylic acids is 1. The summed E-state index contributed by atoms with van der Waals surface area (Å²) in [6.45, 7) is 6.11. The Balaban J connectivity index is 2.71. The number of carboxylic acids is 1. The first-order chi connectivity index (χ1) is 9.19. The average molecular weight is 298 g/mol. The Morgan fingerprint density at radius 2 is 1.80 bits per heavy atom. The van der Waals surface area contributed by atoms with Gasteiger partial charge in [-0.2, -0.15) is 0 Å². The summed E-state index contributed by atoms with van der Waals surface area (Å²) in [6, 6.07) is 5.37. The molecule has 0 aliphatic rings. The number of nitrogens with one attached hydrogen (secondary N) is 1. The summed E-state index contributed by atoms with van der Waals surface area (Å²) in [7, 11) is 0. The molecule has 0 heterocycles. The number of amides is 1. The van der Waals surface area contributed by atoms with Gasteiger partial charge in [0.25, 0.3) is 0 Å². The molecule has 1 rings (SSSR count). The van der Waals surface area contributed by atoms with Crippen molar-refractivity contribution in [2.75, 3.05) is 0 Å². The highest BCUT2D eigenvalue weighted by Crippen LogP contribution is 2.21. The Hall–Kier alpha value is -1.55. The molecule has 1 amide bonds. The fraction of sp³-hybridized carbons (Fsp3) is 0.467. The van der Waals surface area contributed by atoms with Gasteiger partial charge in [0, 0.05) is 11.4 Å². The molecule has 0 aliphatic heterocycles. The van der Waals surface area contributed by atoms with Crippen LogP contribution in [0.5, 0.6) is 0 Å². The van der Waals surface area contributed by atoms with E-state index in [1.165, 1.54) is 0 Å². The summed E-state index contributed by atoms with van der Waals surface area (Å²) in [6.07, 6.45) is 1.01. The van der Waals surface area contributed by atoms with E-state index in [9.17, 15) is 14.7 Å². The van der Waals surface area contributed by atoms with Gasteiger partial charge in [-0.1, -0.05) is 44.5 Å². The van der Waals surface area contributed by atoms with Crippen molar-refractivity contribution in [3.8, 4) is 0 Å². The Morgan fingerprint density at radius 1 is 1.25 bits per heavy atom. The van der Waals surface area contributed by atoms with Gasteiger partial charge in [0.15, 0.2) is 6.04 Å². The van der Waals surface area contributed by atoms with E-state index >= 15 is 0 Å². The van der Waals surface area contributed by atoms with Gasteiger partial charge in [-0.05, 0) is 29.5 Å². The van der Waals surface area contributed by atoms with Crippen molar-refractivity contribution in [1.82, 2.24) is 5.32 Å². The SMILES string of the molecule is CC(C)(C)CCC(=O)NC(C(=O)O)c1ccc(Cl)cc1. The lowest BCUT2D eigenvalue weighted by Crippen LogP contribution is -2.34. The number of carbonyl (C=O) groups is 2. The van der Waals surface area contributed by atoms with Crippen LogP contribution in [0.15, 0.2) is 24.3 Å². The number of hydrogen-bond donors (Lipinski definition) is 2. The molecule has 0 saturated heterocycles.